The second-order valence-electron chi connectivity index (χ2n) is 3.90. The molecular formula is C15H14O4. The van der Waals surface area contributed by atoms with Gasteiger partial charge in [-0.15, -0.1) is 0 Å². The number of benzene rings is 2. The van der Waals surface area contributed by atoms with Gasteiger partial charge >= 0.3 is 5.97 Å². The highest BCUT2D eigenvalue weighted by Gasteiger charge is 2.06. The van der Waals surface area contributed by atoms with Crippen molar-refractivity contribution in [1.29, 1.82) is 0 Å². The van der Waals surface area contributed by atoms with Gasteiger partial charge in [0.15, 0.2) is 18.1 Å². The molecular weight excluding hydrogens is 244 g/mol. The molecule has 0 aromatic heterocycles. The van der Waals surface area contributed by atoms with Gasteiger partial charge in [-0.2, -0.15) is 0 Å². The molecule has 2 aromatic carbocycles. The number of rotatable bonds is 6. The average Bonchev–Trinajstić information content (AvgIpc) is 2.45. The molecule has 0 saturated carbocycles. The van der Waals surface area contributed by atoms with Crippen molar-refractivity contribution in [2.24, 2.45) is 0 Å². The van der Waals surface area contributed by atoms with Crippen molar-refractivity contribution in [2.75, 3.05) is 6.61 Å². The van der Waals surface area contributed by atoms with Crippen molar-refractivity contribution in [3.05, 3.63) is 60.2 Å². The molecule has 0 fully saturated rings. The molecule has 2 aromatic rings. The van der Waals surface area contributed by atoms with Gasteiger partial charge in [-0.25, -0.2) is 4.79 Å². The van der Waals surface area contributed by atoms with Gasteiger partial charge in [0, 0.05) is 0 Å². The SMILES string of the molecule is O=C(O)COc1ccccc1OCc1ccccc1. The number of aliphatic carboxylic acids is 1. The van der Waals surface area contributed by atoms with Gasteiger partial charge in [0.2, 0.25) is 0 Å². The molecule has 0 heterocycles. The molecule has 0 radical (unpaired) electrons. The van der Waals surface area contributed by atoms with Gasteiger partial charge in [-0.3, -0.25) is 0 Å². The lowest BCUT2D eigenvalue weighted by Gasteiger charge is -2.11. The van der Waals surface area contributed by atoms with Crippen LogP contribution in [0.15, 0.2) is 54.6 Å². The van der Waals surface area contributed by atoms with E-state index in [0.717, 1.165) is 5.56 Å². The van der Waals surface area contributed by atoms with Crippen LogP contribution >= 0.6 is 0 Å². The Hall–Kier alpha value is -2.49. The highest BCUT2D eigenvalue weighted by molar-refractivity contribution is 5.68. The Morgan fingerprint density at radius 1 is 0.895 bits per heavy atom. The van der Waals surface area contributed by atoms with Gasteiger partial charge in [0.1, 0.15) is 6.61 Å². The molecule has 0 bridgehead atoms. The maximum absolute atomic E-state index is 10.5. The minimum atomic E-state index is -1.02. The molecule has 2 rings (SSSR count). The van der Waals surface area contributed by atoms with Crippen molar-refractivity contribution in [1.82, 2.24) is 0 Å². The summed E-state index contributed by atoms with van der Waals surface area (Å²) in [6.45, 7) is 0.0278. The van der Waals surface area contributed by atoms with Crippen LogP contribution in [0.4, 0.5) is 0 Å². The Balaban J connectivity index is 2.01. The second-order valence-corrected chi connectivity index (χ2v) is 3.90. The number of carboxylic acid groups (broad SMARTS) is 1. The maximum Gasteiger partial charge on any atom is 0.341 e. The first-order valence-corrected chi connectivity index (χ1v) is 5.86. The Labute approximate surface area is 111 Å². The second kappa shape index (κ2) is 6.44. The average molecular weight is 258 g/mol. The van der Waals surface area contributed by atoms with E-state index in [1.807, 2.05) is 36.4 Å². The minimum absolute atomic E-state index is 0.383. The zero-order chi connectivity index (χ0) is 13.5. The largest absolute Gasteiger partial charge is 0.485 e. The molecule has 0 amide bonds. The van der Waals surface area contributed by atoms with Crippen molar-refractivity contribution in [3.8, 4) is 11.5 Å². The fourth-order valence-corrected chi connectivity index (χ4v) is 1.56. The fourth-order valence-electron chi connectivity index (χ4n) is 1.56. The lowest BCUT2D eigenvalue weighted by Crippen LogP contribution is -2.10. The molecule has 19 heavy (non-hydrogen) atoms. The lowest BCUT2D eigenvalue weighted by atomic mass is 10.2. The van der Waals surface area contributed by atoms with E-state index >= 15 is 0 Å². The van der Waals surface area contributed by atoms with E-state index in [-0.39, 0.29) is 6.61 Å². The van der Waals surface area contributed by atoms with E-state index < -0.39 is 5.97 Å². The van der Waals surface area contributed by atoms with Crippen molar-refractivity contribution in [2.45, 2.75) is 6.61 Å². The first kappa shape index (κ1) is 13.0. The van der Waals surface area contributed by atoms with Crippen LogP contribution in [0.5, 0.6) is 11.5 Å². The molecule has 4 nitrogen and oxygen atoms in total. The Kier molecular flexibility index (Phi) is 4.39. The van der Waals surface area contributed by atoms with E-state index in [4.69, 9.17) is 14.6 Å². The van der Waals surface area contributed by atoms with Gasteiger partial charge in [0.25, 0.3) is 0 Å². The van der Waals surface area contributed by atoms with Crippen LogP contribution in [0.2, 0.25) is 0 Å². The number of hydrogen-bond acceptors (Lipinski definition) is 3. The summed E-state index contributed by atoms with van der Waals surface area (Å²) in [4.78, 5) is 10.5. The van der Waals surface area contributed by atoms with Crippen LogP contribution in [0.25, 0.3) is 0 Å². The van der Waals surface area contributed by atoms with Crippen LogP contribution < -0.4 is 9.47 Å². The summed E-state index contributed by atoms with van der Waals surface area (Å²) in [5, 5.41) is 8.61. The molecule has 1 N–H and O–H groups in total. The molecule has 98 valence electrons. The molecule has 4 heteroatoms. The third kappa shape index (κ3) is 4.03. The predicted molar refractivity (Wildman–Crippen MR) is 70.3 cm³/mol. The third-order valence-corrected chi connectivity index (χ3v) is 2.44. The normalized spacial score (nSPS) is 9.89. The van der Waals surface area contributed by atoms with E-state index in [0.29, 0.717) is 18.1 Å². The molecule has 0 aliphatic carbocycles. The minimum Gasteiger partial charge on any atom is -0.485 e. The summed E-state index contributed by atoms with van der Waals surface area (Å²) in [7, 11) is 0. The Morgan fingerprint density at radius 2 is 1.47 bits per heavy atom. The highest BCUT2D eigenvalue weighted by Crippen LogP contribution is 2.27. The van der Waals surface area contributed by atoms with E-state index in [1.165, 1.54) is 0 Å². The van der Waals surface area contributed by atoms with Crippen molar-refractivity contribution >= 4 is 5.97 Å². The molecule has 0 saturated heterocycles. The first-order valence-electron chi connectivity index (χ1n) is 5.86. The quantitative estimate of drug-likeness (QED) is 0.865. The number of carboxylic acids is 1. The molecule has 0 aliphatic rings. The monoisotopic (exact) mass is 258 g/mol. The standard InChI is InChI=1S/C15H14O4/c16-15(17)11-19-14-9-5-4-8-13(14)18-10-12-6-2-1-3-7-12/h1-9H,10-11H2,(H,16,17). The van der Waals surface area contributed by atoms with Crippen LogP contribution in [-0.2, 0) is 11.4 Å². The van der Waals surface area contributed by atoms with Crippen molar-refractivity contribution < 1.29 is 19.4 Å². The van der Waals surface area contributed by atoms with Crippen LogP contribution in [0.3, 0.4) is 0 Å². The summed E-state index contributed by atoms with van der Waals surface area (Å²) in [5.41, 5.74) is 1.04. The van der Waals surface area contributed by atoms with Gasteiger partial charge in [0.05, 0.1) is 0 Å². The number of ether oxygens (including phenoxy) is 2. The Bertz CT molecular complexity index is 537. The molecule has 0 spiro atoms. The summed E-state index contributed by atoms with van der Waals surface area (Å²) in [6, 6.07) is 16.7. The van der Waals surface area contributed by atoms with E-state index in [9.17, 15) is 4.79 Å². The summed E-state index contributed by atoms with van der Waals surface area (Å²) < 4.78 is 10.8. The molecule has 0 unspecified atom stereocenters. The zero-order valence-electron chi connectivity index (χ0n) is 10.3. The summed E-state index contributed by atoms with van der Waals surface area (Å²) in [6.07, 6.45) is 0. The third-order valence-electron chi connectivity index (χ3n) is 2.44. The number of hydrogen-bond donors (Lipinski definition) is 1. The number of carbonyl (C=O) groups is 1. The van der Waals surface area contributed by atoms with Gasteiger partial charge < -0.3 is 14.6 Å². The van der Waals surface area contributed by atoms with E-state index in [1.54, 1.807) is 18.2 Å². The van der Waals surface area contributed by atoms with Crippen LogP contribution in [0, 0.1) is 0 Å². The maximum atomic E-state index is 10.5. The molecule has 0 aliphatic heterocycles. The fraction of sp³-hybridized carbons (Fsp3) is 0.133. The van der Waals surface area contributed by atoms with Crippen LogP contribution in [-0.4, -0.2) is 17.7 Å². The summed E-state index contributed by atoms with van der Waals surface area (Å²) >= 11 is 0. The predicted octanol–water partition coefficient (Wildman–Crippen LogP) is 2.73. The van der Waals surface area contributed by atoms with Gasteiger partial charge in [-0.05, 0) is 17.7 Å². The zero-order valence-corrected chi connectivity index (χ0v) is 10.3. The number of para-hydroxylation sites is 2. The summed E-state index contributed by atoms with van der Waals surface area (Å²) in [5.74, 6) is -0.0497. The first-order chi connectivity index (χ1) is 9.25. The van der Waals surface area contributed by atoms with Crippen molar-refractivity contribution in [3.63, 3.8) is 0 Å². The van der Waals surface area contributed by atoms with Crippen LogP contribution in [0.1, 0.15) is 5.56 Å². The van der Waals surface area contributed by atoms with Gasteiger partial charge in [-0.1, -0.05) is 42.5 Å². The highest BCUT2D eigenvalue weighted by atomic mass is 16.5. The molecule has 0 atom stereocenters. The lowest BCUT2D eigenvalue weighted by molar-refractivity contribution is -0.139. The van der Waals surface area contributed by atoms with E-state index in [2.05, 4.69) is 0 Å². The Morgan fingerprint density at radius 3 is 2.11 bits per heavy atom. The topological polar surface area (TPSA) is 55.8 Å². The smallest absolute Gasteiger partial charge is 0.341 e.